The van der Waals surface area contributed by atoms with Crippen molar-refractivity contribution < 1.29 is 9.22 Å². The van der Waals surface area contributed by atoms with E-state index < -0.39 is 8.32 Å². The predicted molar refractivity (Wildman–Crippen MR) is 86.2 cm³/mol. The van der Waals surface area contributed by atoms with E-state index in [0.29, 0.717) is 17.1 Å². The topological polar surface area (TPSA) is 26.3 Å². The molecule has 4 atom stereocenters. The molecule has 3 rings (SSSR count). The third-order valence-electron chi connectivity index (χ3n) is 6.35. The molecule has 0 heterocycles. The Balaban J connectivity index is 2.20. The monoisotopic (exact) mass is 296 g/mol. The van der Waals surface area contributed by atoms with Gasteiger partial charge in [0.1, 0.15) is 5.78 Å². The highest BCUT2D eigenvalue weighted by molar-refractivity contribution is 6.74. The van der Waals surface area contributed by atoms with Gasteiger partial charge in [0, 0.05) is 11.8 Å². The normalized spacial score (nSPS) is 37.3. The second-order valence-electron chi connectivity index (χ2n) is 9.25. The van der Waals surface area contributed by atoms with Crippen molar-refractivity contribution in [2.45, 2.75) is 78.6 Å². The molecule has 3 saturated carbocycles. The largest absolute Gasteiger partial charge is 0.413 e. The first kappa shape index (κ1) is 16.2. The fourth-order valence-electron chi connectivity index (χ4n) is 3.97. The molecule has 0 aromatic rings. The second kappa shape index (κ2) is 4.67. The Kier molecular flexibility index (Phi) is 3.79. The van der Waals surface area contributed by atoms with Gasteiger partial charge in [-0.25, -0.2) is 0 Å². The molecular formula is C17H32O2Si. The lowest BCUT2D eigenvalue weighted by Gasteiger charge is -2.55. The maximum Gasteiger partial charge on any atom is 0.192 e. The molecule has 0 aliphatic heterocycles. The zero-order valence-corrected chi connectivity index (χ0v) is 15.5. The predicted octanol–water partition coefficient (Wildman–Crippen LogP) is 4.65. The Morgan fingerprint density at radius 2 is 1.80 bits per heavy atom. The van der Waals surface area contributed by atoms with Crippen LogP contribution in [0.3, 0.4) is 0 Å². The van der Waals surface area contributed by atoms with Crippen LogP contribution in [0.25, 0.3) is 0 Å². The first-order valence-electron chi connectivity index (χ1n) is 8.08. The van der Waals surface area contributed by atoms with Crippen molar-refractivity contribution in [2.24, 2.45) is 23.2 Å². The smallest absolute Gasteiger partial charge is 0.192 e. The lowest BCUT2D eigenvalue weighted by molar-refractivity contribution is -0.154. The molecule has 4 unspecified atom stereocenters. The Bertz CT molecular complexity index is 406. The highest BCUT2D eigenvalue weighted by Gasteiger charge is 2.56. The van der Waals surface area contributed by atoms with Gasteiger partial charge in [-0.15, -0.1) is 0 Å². The van der Waals surface area contributed by atoms with Crippen molar-refractivity contribution in [3.8, 4) is 0 Å². The molecule has 0 saturated heterocycles. The maximum absolute atomic E-state index is 12.6. The molecule has 3 fully saturated rings. The SMILES string of the molecule is CC1C(=O)C2CC(C)(C)C1CC2O[Si](C)(C)C(C)(C)C. The van der Waals surface area contributed by atoms with Crippen LogP contribution in [-0.2, 0) is 9.22 Å². The van der Waals surface area contributed by atoms with Crippen molar-refractivity contribution in [2.75, 3.05) is 0 Å². The molecule has 0 spiro atoms. The molecule has 0 aromatic carbocycles. The van der Waals surface area contributed by atoms with E-state index in [1.807, 2.05) is 0 Å². The second-order valence-corrected chi connectivity index (χ2v) is 14.0. The van der Waals surface area contributed by atoms with Crippen molar-refractivity contribution in [3.05, 3.63) is 0 Å². The summed E-state index contributed by atoms with van der Waals surface area (Å²) in [6.45, 7) is 18.2. The fraction of sp³-hybridized carbons (Fsp3) is 0.941. The first-order valence-corrected chi connectivity index (χ1v) is 11.0. The summed E-state index contributed by atoms with van der Waals surface area (Å²) >= 11 is 0. The molecule has 20 heavy (non-hydrogen) atoms. The molecular weight excluding hydrogens is 264 g/mol. The molecule has 0 aromatic heterocycles. The number of fused-ring (bicyclic) bond motifs is 3. The zero-order valence-electron chi connectivity index (χ0n) is 14.5. The van der Waals surface area contributed by atoms with Gasteiger partial charge in [0.2, 0.25) is 0 Å². The summed E-state index contributed by atoms with van der Waals surface area (Å²) in [5, 5.41) is 0.216. The molecule has 0 amide bonds. The number of ketones is 1. The van der Waals surface area contributed by atoms with E-state index in [1.165, 1.54) is 0 Å². The third kappa shape index (κ3) is 2.52. The van der Waals surface area contributed by atoms with Gasteiger partial charge >= 0.3 is 0 Å². The van der Waals surface area contributed by atoms with Gasteiger partial charge in [0.25, 0.3) is 0 Å². The summed E-state index contributed by atoms with van der Waals surface area (Å²) in [5.41, 5.74) is 0.297. The van der Waals surface area contributed by atoms with E-state index >= 15 is 0 Å². The van der Waals surface area contributed by atoms with Crippen LogP contribution in [0.2, 0.25) is 18.1 Å². The Hall–Kier alpha value is -0.153. The van der Waals surface area contributed by atoms with Gasteiger partial charge in [-0.05, 0) is 42.3 Å². The van der Waals surface area contributed by atoms with Gasteiger partial charge < -0.3 is 4.43 Å². The van der Waals surface area contributed by atoms with Crippen LogP contribution >= 0.6 is 0 Å². The van der Waals surface area contributed by atoms with Crippen LogP contribution in [0.4, 0.5) is 0 Å². The Morgan fingerprint density at radius 1 is 1.25 bits per heavy atom. The molecule has 116 valence electrons. The van der Waals surface area contributed by atoms with E-state index in [1.54, 1.807) is 0 Å². The summed E-state index contributed by atoms with van der Waals surface area (Å²) in [6.07, 6.45) is 2.27. The van der Waals surface area contributed by atoms with E-state index in [-0.39, 0.29) is 23.0 Å². The minimum atomic E-state index is -1.78. The van der Waals surface area contributed by atoms with Crippen LogP contribution < -0.4 is 0 Å². The highest BCUT2D eigenvalue weighted by Crippen LogP contribution is 2.55. The summed E-state index contributed by atoms with van der Waals surface area (Å²) in [6, 6.07) is 0. The van der Waals surface area contributed by atoms with Crippen LogP contribution in [0.15, 0.2) is 0 Å². The van der Waals surface area contributed by atoms with Crippen molar-refractivity contribution in [1.82, 2.24) is 0 Å². The number of rotatable bonds is 2. The first-order chi connectivity index (χ1) is 8.87. The number of carbonyl (C=O) groups is 1. The molecule has 0 radical (unpaired) electrons. The summed E-state index contributed by atoms with van der Waals surface area (Å²) in [4.78, 5) is 12.6. The minimum absolute atomic E-state index is 0.138. The summed E-state index contributed by atoms with van der Waals surface area (Å²) in [7, 11) is -1.78. The maximum atomic E-state index is 12.6. The Morgan fingerprint density at radius 3 is 2.30 bits per heavy atom. The van der Waals surface area contributed by atoms with Crippen molar-refractivity contribution >= 4 is 14.1 Å². The number of carbonyl (C=O) groups excluding carboxylic acids is 1. The van der Waals surface area contributed by atoms with Crippen molar-refractivity contribution in [1.29, 1.82) is 0 Å². The molecule has 3 aliphatic carbocycles. The van der Waals surface area contributed by atoms with E-state index in [2.05, 4.69) is 54.6 Å². The van der Waals surface area contributed by atoms with Gasteiger partial charge in [0.15, 0.2) is 8.32 Å². The quantitative estimate of drug-likeness (QED) is 0.693. The molecule has 2 bridgehead atoms. The van der Waals surface area contributed by atoms with Gasteiger partial charge in [-0.3, -0.25) is 4.79 Å². The zero-order chi connectivity index (χ0) is 15.5. The van der Waals surface area contributed by atoms with Gasteiger partial charge in [-0.1, -0.05) is 41.5 Å². The van der Waals surface area contributed by atoms with Crippen molar-refractivity contribution in [3.63, 3.8) is 0 Å². The molecule has 3 heteroatoms. The number of Topliss-reactive ketones (excluding diaryl/α,β-unsaturated/α-hetero) is 1. The standard InChI is InChI=1S/C17H32O2Si/c1-11-13-9-14(19-20(7,8)16(2,3)4)12(15(11)18)10-17(13,5)6/h11-14H,9-10H2,1-8H3. The lowest BCUT2D eigenvalue weighted by atomic mass is 9.52. The van der Waals surface area contributed by atoms with E-state index in [9.17, 15) is 4.79 Å². The van der Waals surface area contributed by atoms with Crippen LogP contribution in [-0.4, -0.2) is 20.2 Å². The highest BCUT2D eigenvalue weighted by atomic mass is 28.4. The van der Waals surface area contributed by atoms with E-state index in [0.717, 1.165) is 12.8 Å². The third-order valence-corrected chi connectivity index (χ3v) is 10.9. The fourth-order valence-corrected chi connectivity index (χ4v) is 5.34. The number of hydrogen-bond acceptors (Lipinski definition) is 2. The molecule has 2 nitrogen and oxygen atoms in total. The summed E-state index contributed by atoms with van der Waals surface area (Å²) < 4.78 is 6.61. The Labute approximate surface area is 125 Å². The van der Waals surface area contributed by atoms with Crippen LogP contribution in [0, 0.1) is 23.2 Å². The summed E-state index contributed by atoms with van der Waals surface area (Å²) in [5.74, 6) is 1.32. The average Bonchev–Trinajstić information content (AvgIpc) is 2.24. The minimum Gasteiger partial charge on any atom is -0.413 e. The molecule has 0 N–H and O–H groups in total. The molecule has 3 aliphatic rings. The average molecular weight is 297 g/mol. The van der Waals surface area contributed by atoms with E-state index in [4.69, 9.17) is 4.43 Å². The van der Waals surface area contributed by atoms with Gasteiger partial charge in [0.05, 0.1) is 6.10 Å². The lowest BCUT2D eigenvalue weighted by Crippen LogP contribution is -2.58. The number of hydrogen-bond donors (Lipinski definition) is 0. The van der Waals surface area contributed by atoms with Crippen LogP contribution in [0.5, 0.6) is 0 Å². The van der Waals surface area contributed by atoms with Crippen LogP contribution in [0.1, 0.15) is 54.4 Å². The van der Waals surface area contributed by atoms with Gasteiger partial charge in [-0.2, -0.15) is 0 Å².